The largest absolute Gasteiger partial charge is 0.337 e. The predicted octanol–water partition coefficient (Wildman–Crippen LogP) is 3.82. The van der Waals surface area contributed by atoms with Crippen LogP contribution in [0.4, 0.5) is 0 Å². The minimum Gasteiger partial charge on any atom is -0.337 e. The highest BCUT2D eigenvalue weighted by Crippen LogP contribution is 2.28. The van der Waals surface area contributed by atoms with Crippen LogP contribution in [0.25, 0.3) is 11.5 Å². The number of nitrogens with one attached hydrogen (secondary N) is 1. The van der Waals surface area contributed by atoms with Gasteiger partial charge in [-0.15, -0.1) is 0 Å². The van der Waals surface area contributed by atoms with E-state index in [2.05, 4.69) is 32.0 Å². The van der Waals surface area contributed by atoms with Crippen LogP contribution >= 0.6 is 11.6 Å². The molecule has 1 N–H and O–H groups in total. The number of aromatic nitrogens is 6. The molecule has 0 saturated carbocycles. The summed E-state index contributed by atoms with van der Waals surface area (Å²) >= 11 is 6.34. The molecule has 3 rings (SSSR count). The van der Waals surface area contributed by atoms with E-state index < -0.39 is 0 Å². The predicted molar refractivity (Wildman–Crippen MR) is 90.9 cm³/mol. The van der Waals surface area contributed by atoms with Crippen LogP contribution in [0, 0.1) is 0 Å². The van der Waals surface area contributed by atoms with Crippen LogP contribution < -0.4 is 0 Å². The fourth-order valence-electron chi connectivity index (χ4n) is 2.52. The van der Waals surface area contributed by atoms with Crippen LogP contribution in [0.2, 0.25) is 5.15 Å². The maximum Gasteiger partial charge on any atom is 0.249 e. The lowest BCUT2D eigenvalue weighted by atomic mass is 10.2. The number of hydrogen-bond acceptors (Lipinski definition) is 5. The molecule has 3 aromatic rings. The molecule has 0 radical (unpaired) electrons. The Bertz CT molecular complexity index is 805. The molecular formula is C16H21ClN6O. The lowest BCUT2D eigenvalue weighted by Crippen LogP contribution is -2.08. The Morgan fingerprint density at radius 3 is 2.88 bits per heavy atom. The van der Waals surface area contributed by atoms with Gasteiger partial charge in [0.15, 0.2) is 11.6 Å². The first-order valence-electron chi connectivity index (χ1n) is 8.24. The van der Waals surface area contributed by atoms with Crippen molar-refractivity contribution in [1.82, 2.24) is 29.7 Å². The number of rotatable bonds is 7. The molecule has 0 spiro atoms. The maximum absolute atomic E-state index is 6.34. The van der Waals surface area contributed by atoms with Crippen LogP contribution in [0.1, 0.15) is 57.2 Å². The third-order valence-electron chi connectivity index (χ3n) is 3.93. The van der Waals surface area contributed by atoms with Crippen LogP contribution in [0.15, 0.2) is 16.9 Å². The summed E-state index contributed by atoms with van der Waals surface area (Å²) in [5.74, 6) is 2.80. The van der Waals surface area contributed by atoms with E-state index in [9.17, 15) is 0 Å². The number of hydrogen-bond donors (Lipinski definition) is 1. The highest BCUT2D eigenvalue weighted by Gasteiger charge is 2.22. The molecule has 0 aliphatic rings. The van der Waals surface area contributed by atoms with Crippen molar-refractivity contribution in [2.75, 3.05) is 0 Å². The second-order valence-electron chi connectivity index (χ2n) is 5.69. The topological polar surface area (TPSA) is 85.4 Å². The molecular weight excluding hydrogens is 328 g/mol. The average molecular weight is 349 g/mol. The molecule has 24 heavy (non-hydrogen) atoms. The average Bonchev–Trinajstić information content (AvgIpc) is 3.31. The Balaban J connectivity index is 1.91. The molecule has 0 saturated heterocycles. The summed E-state index contributed by atoms with van der Waals surface area (Å²) in [6.07, 6.45) is 7.37. The Morgan fingerprint density at radius 2 is 2.17 bits per heavy atom. The van der Waals surface area contributed by atoms with Crippen LogP contribution in [-0.4, -0.2) is 29.7 Å². The lowest BCUT2D eigenvalue weighted by Gasteiger charge is -2.11. The number of aryl methyl sites for hydroxylation is 2. The van der Waals surface area contributed by atoms with Gasteiger partial charge in [0.2, 0.25) is 5.89 Å². The van der Waals surface area contributed by atoms with Gasteiger partial charge in [-0.3, -0.25) is 0 Å². The summed E-state index contributed by atoms with van der Waals surface area (Å²) in [6.45, 7) is 6.12. The van der Waals surface area contributed by atoms with Crippen molar-refractivity contribution in [3.63, 3.8) is 0 Å². The van der Waals surface area contributed by atoms with E-state index >= 15 is 0 Å². The highest BCUT2D eigenvalue weighted by molar-refractivity contribution is 6.31. The van der Waals surface area contributed by atoms with Crippen molar-refractivity contribution < 1.29 is 4.52 Å². The molecule has 128 valence electrons. The van der Waals surface area contributed by atoms with Crippen LogP contribution in [-0.2, 0) is 12.8 Å². The first-order chi connectivity index (χ1) is 11.6. The Labute approximate surface area is 145 Å². The van der Waals surface area contributed by atoms with Gasteiger partial charge in [0.05, 0.1) is 0 Å². The SMILES string of the molecule is CCCCc1nc(-c2nccn2[C@H](C)c2nc(CC)no2)c(Cl)[nH]1. The second kappa shape index (κ2) is 7.17. The van der Waals surface area contributed by atoms with E-state index in [1.807, 2.05) is 24.6 Å². The Morgan fingerprint density at radius 1 is 1.33 bits per heavy atom. The first kappa shape index (κ1) is 16.7. The summed E-state index contributed by atoms with van der Waals surface area (Å²) in [5, 5.41) is 4.46. The number of H-pyrrole nitrogens is 1. The standard InChI is InChI=1S/C16H21ClN6O/c1-4-6-7-12-19-13(14(17)20-12)15-18-8-9-23(15)10(3)16-21-11(5-2)22-24-16/h8-10H,4-7H2,1-3H3,(H,19,20)/t10-/m1/s1. The minimum absolute atomic E-state index is 0.151. The van der Waals surface area contributed by atoms with Crippen LogP contribution in [0.3, 0.4) is 0 Å². The molecule has 0 unspecified atom stereocenters. The quantitative estimate of drug-likeness (QED) is 0.701. The summed E-state index contributed by atoms with van der Waals surface area (Å²) in [7, 11) is 0. The summed E-state index contributed by atoms with van der Waals surface area (Å²) in [6, 6.07) is -0.151. The van der Waals surface area contributed by atoms with Gasteiger partial charge in [0.1, 0.15) is 22.7 Å². The third-order valence-corrected chi connectivity index (χ3v) is 4.20. The molecule has 3 aromatic heterocycles. The van der Waals surface area contributed by atoms with E-state index in [-0.39, 0.29) is 6.04 Å². The van der Waals surface area contributed by atoms with E-state index in [1.165, 1.54) is 0 Å². The highest BCUT2D eigenvalue weighted by atomic mass is 35.5. The van der Waals surface area contributed by atoms with Gasteiger partial charge in [-0.1, -0.05) is 37.0 Å². The van der Waals surface area contributed by atoms with Crippen molar-refractivity contribution in [3.05, 3.63) is 35.1 Å². The van der Waals surface area contributed by atoms with Crippen LogP contribution in [0.5, 0.6) is 0 Å². The summed E-state index contributed by atoms with van der Waals surface area (Å²) < 4.78 is 7.29. The van der Waals surface area contributed by atoms with Gasteiger partial charge in [-0.25, -0.2) is 9.97 Å². The Hall–Kier alpha value is -2.15. The molecule has 0 aliphatic carbocycles. The summed E-state index contributed by atoms with van der Waals surface area (Å²) in [5.41, 5.74) is 0.648. The summed E-state index contributed by atoms with van der Waals surface area (Å²) in [4.78, 5) is 16.6. The smallest absolute Gasteiger partial charge is 0.249 e. The molecule has 0 bridgehead atoms. The van der Waals surface area contributed by atoms with Crippen molar-refractivity contribution in [2.24, 2.45) is 0 Å². The van der Waals surface area contributed by atoms with E-state index in [1.54, 1.807) is 6.20 Å². The van der Waals surface area contributed by atoms with Gasteiger partial charge >= 0.3 is 0 Å². The molecule has 0 amide bonds. The number of aromatic amines is 1. The lowest BCUT2D eigenvalue weighted by molar-refractivity contribution is 0.343. The maximum atomic E-state index is 6.34. The zero-order valence-corrected chi connectivity index (χ0v) is 14.8. The van der Waals surface area contributed by atoms with Crippen molar-refractivity contribution in [1.29, 1.82) is 0 Å². The minimum atomic E-state index is -0.151. The number of halogens is 1. The molecule has 8 heteroatoms. The fraction of sp³-hybridized carbons (Fsp3) is 0.500. The number of imidazole rings is 2. The number of unbranched alkanes of at least 4 members (excludes halogenated alkanes) is 1. The zero-order chi connectivity index (χ0) is 17.1. The van der Waals surface area contributed by atoms with Gasteiger partial charge in [-0.2, -0.15) is 4.98 Å². The zero-order valence-electron chi connectivity index (χ0n) is 14.1. The Kier molecular flexibility index (Phi) is 4.99. The van der Waals surface area contributed by atoms with Gasteiger partial charge in [0.25, 0.3) is 0 Å². The van der Waals surface area contributed by atoms with Crippen molar-refractivity contribution in [2.45, 2.75) is 52.5 Å². The van der Waals surface area contributed by atoms with Gasteiger partial charge < -0.3 is 14.1 Å². The fourth-order valence-corrected chi connectivity index (χ4v) is 2.75. The van der Waals surface area contributed by atoms with E-state index in [4.69, 9.17) is 16.1 Å². The normalized spacial score (nSPS) is 12.7. The molecule has 0 fully saturated rings. The first-order valence-corrected chi connectivity index (χ1v) is 8.61. The third kappa shape index (κ3) is 3.21. The molecule has 7 nitrogen and oxygen atoms in total. The second-order valence-corrected chi connectivity index (χ2v) is 6.06. The van der Waals surface area contributed by atoms with Gasteiger partial charge in [-0.05, 0) is 13.3 Å². The van der Waals surface area contributed by atoms with Crippen molar-refractivity contribution >= 4 is 11.6 Å². The molecule has 0 aromatic carbocycles. The van der Waals surface area contributed by atoms with Crippen molar-refractivity contribution in [3.8, 4) is 11.5 Å². The van der Waals surface area contributed by atoms with E-state index in [0.717, 1.165) is 31.5 Å². The number of nitrogens with zero attached hydrogens (tertiary/aromatic N) is 5. The monoisotopic (exact) mass is 348 g/mol. The molecule has 1 atom stereocenters. The molecule has 0 aliphatic heterocycles. The van der Waals surface area contributed by atoms with E-state index in [0.29, 0.717) is 28.4 Å². The molecule has 3 heterocycles. The van der Waals surface area contributed by atoms with Gasteiger partial charge in [0, 0.05) is 25.2 Å².